The maximum absolute atomic E-state index is 12.7. The Morgan fingerprint density at radius 2 is 1.77 bits per heavy atom. The molecule has 2 rings (SSSR count). The third-order valence-corrected chi connectivity index (χ3v) is 4.05. The van der Waals surface area contributed by atoms with Crippen LogP contribution in [-0.4, -0.2) is 18.4 Å². The number of benzene rings is 2. The molecule has 0 atom stereocenters. The molecule has 0 aliphatic heterocycles. The first-order valence-electron chi connectivity index (χ1n) is 8.55. The minimum atomic E-state index is -0.273. The van der Waals surface area contributed by atoms with Crippen LogP contribution < -0.4 is 15.4 Å². The van der Waals surface area contributed by atoms with Gasteiger partial charge in [-0.1, -0.05) is 42.8 Å². The van der Waals surface area contributed by atoms with Gasteiger partial charge in [0, 0.05) is 21.8 Å². The lowest BCUT2D eigenvalue weighted by molar-refractivity contribution is -0.118. The van der Waals surface area contributed by atoms with Crippen LogP contribution in [0.2, 0.25) is 0 Å². The van der Waals surface area contributed by atoms with Crippen molar-refractivity contribution in [2.75, 3.05) is 17.2 Å². The van der Waals surface area contributed by atoms with Crippen LogP contribution in [0.3, 0.4) is 0 Å². The Balaban J connectivity index is 2.17. The van der Waals surface area contributed by atoms with E-state index in [-0.39, 0.29) is 17.7 Å². The van der Waals surface area contributed by atoms with Crippen LogP contribution >= 0.6 is 15.9 Å². The van der Waals surface area contributed by atoms with Crippen LogP contribution in [0.15, 0.2) is 46.9 Å². The van der Waals surface area contributed by atoms with Crippen LogP contribution in [0.5, 0.6) is 5.75 Å². The van der Waals surface area contributed by atoms with Gasteiger partial charge in [0.25, 0.3) is 5.91 Å². The largest absolute Gasteiger partial charge is 0.493 e. The van der Waals surface area contributed by atoms with Crippen molar-refractivity contribution in [3.05, 3.63) is 52.5 Å². The van der Waals surface area contributed by atoms with Gasteiger partial charge in [-0.25, -0.2) is 0 Å². The molecule has 6 heteroatoms. The molecule has 0 aliphatic carbocycles. The second-order valence-corrected chi connectivity index (χ2v) is 7.08. The minimum absolute atomic E-state index is 0.0734. The van der Waals surface area contributed by atoms with Gasteiger partial charge in [0.15, 0.2) is 0 Å². The number of ether oxygens (including phenoxy) is 1. The maximum Gasteiger partial charge on any atom is 0.259 e. The lowest BCUT2D eigenvalue weighted by Crippen LogP contribution is -2.18. The second kappa shape index (κ2) is 9.38. The molecule has 2 N–H and O–H groups in total. The topological polar surface area (TPSA) is 67.4 Å². The van der Waals surface area contributed by atoms with Gasteiger partial charge >= 0.3 is 0 Å². The molecule has 0 unspecified atom stereocenters. The number of amides is 2. The van der Waals surface area contributed by atoms with Crippen LogP contribution in [-0.2, 0) is 4.79 Å². The number of anilines is 2. The Morgan fingerprint density at radius 3 is 2.42 bits per heavy atom. The van der Waals surface area contributed by atoms with E-state index in [1.165, 1.54) is 0 Å². The SMILES string of the molecule is CCCOc1ccc(Br)cc1C(=O)Nc1cccc(NC(=O)C(C)C)c1. The first-order valence-corrected chi connectivity index (χ1v) is 9.34. The van der Waals surface area contributed by atoms with Crippen molar-refractivity contribution < 1.29 is 14.3 Å². The summed E-state index contributed by atoms with van der Waals surface area (Å²) in [5.41, 5.74) is 1.68. The molecule has 0 aromatic heterocycles. The number of nitrogens with one attached hydrogen (secondary N) is 2. The van der Waals surface area contributed by atoms with E-state index < -0.39 is 0 Å². The fourth-order valence-electron chi connectivity index (χ4n) is 2.18. The van der Waals surface area contributed by atoms with Gasteiger partial charge in [-0.3, -0.25) is 9.59 Å². The van der Waals surface area contributed by atoms with Gasteiger partial charge in [0.1, 0.15) is 5.75 Å². The van der Waals surface area contributed by atoms with E-state index in [2.05, 4.69) is 26.6 Å². The van der Waals surface area contributed by atoms with Crippen molar-refractivity contribution in [1.82, 2.24) is 0 Å². The molecule has 2 amide bonds. The molecule has 0 bridgehead atoms. The van der Waals surface area contributed by atoms with Gasteiger partial charge in [-0.2, -0.15) is 0 Å². The van der Waals surface area contributed by atoms with Gasteiger partial charge in [0.05, 0.1) is 12.2 Å². The highest BCUT2D eigenvalue weighted by molar-refractivity contribution is 9.10. The first kappa shape index (κ1) is 20.0. The van der Waals surface area contributed by atoms with Crippen molar-refractivity contribution in [2.24, 2.45) is 5.92 Å². The molecule has 0 heterocycles. The number of hydrogen-bond acceptors (Lipinski definition) is 3. The Morgan fingerprint density at radius 1 is 1.08 bits per heavy atom. The third kappa shape index (κ3) is 5.59. The first-order chi connectivity index (χ1) is 12.4. The Labute approximate surface area is 162 Å². The van der Waals surface area contributed by atoms with E-state index in [0.29, 0.717) is 29.3 Å². The molecule has 0 fully saturated rings. The van der Waals surface area contributed by atoms with E-state index in [1.807, 2.05) is 26.8 Å². The molecule has 138 valence electrons. The zero-order valence-electron chi connectivity index (χ0n) is 15.1. The van der Waals surface area contributed by atoms with Crippen molar-refractivity contribution >= 4 is 39.1 Å². The molecule has 0 radical (unpaired) electrons. The molecule has 0 spiro atoms. The lowest BCUT2D eigenvalue weighted by Gasteiger charge is -2.13. The van der Waals surface area contributed by atoms with Gasteiger partial charge in [0.2, 0.25) is 5.91 Å². The minimum Gasteiger partial charge on any atom is -0.493 e. The zero-order valence-corrected chi connectivity index (χ0v) is 16.7. The highest BCUT2D eigenvalue weighted by atomic mass is 79.9. The number of carbonyl (C=O) groups is 2. The van der Waals surface area contributed by atoms with Gasteiger partial charge in [-0.05, 0) is 42.8 Å². The summed E-state index contributed by atoms with van der Waals surface area (Å²) in [5.74, 6) is 0.0745. The monoisotopic (exact) mass is 418 g/mol. The summed E-state index contributed by atoms with van der Waals surface area (Å²) in [5, 5.41) is 5.67. The highest BCUT2D eigenvalue weighted by Crippen LogP contribution is 2.25. The molecule has 26 heavy (non-hydrogen) atoms. The fourth-order valence-corrected chi connectivity index (χ4v) is 2.54. The number of rotatable bonds is 7. The molecular formula is C20H23BrN2O3. The van der Waals surface area contributed by atoms with E-state index in [1.54, 1.807) is 36.4 Å². The Kier molecular flexibility index (Phi) is 7.21. The van der Waals surface area contributed by atoms with Crippen molar-refractivity contribution in [2.45, 2.75) is 27.2 Å². The molecule has 2 aromatic rings. The van der Waals surface area contributed by atoms with Gasteiger partial charge < -0.3 is 15.4 Å². The standard InChI is InChI=1S/C20H23BrN2O3/c1-4-10-26-18-9-8-14(21)11-17(18)20(25)23-16-7-5-6-15(12-16)22-19(24)13(2)3/h5-9,11-13H,4,10H2,1-3H3,(H,22,24)(H,23,25). The molecule has 0 aliphatic rings. The normalized spacial score (nSPS) is 10.5. The average Bonchev–Trinajstić information content (AvgIpc) is 2.60. The molecule has 0 saturated heterocycles. The fraction of sp³-hybridized carbons (Fsp3) is 0.300. The molecule has 5 nitrogen and oxygen atoms in total. The molecule has 2 aromatic carbocycles. The summed E-state index contributed by atoms with van der Waals surface area (Å²) in [6.07, 6.45) is 0.856. The summed E-state index contributed by atoms with van der Waals surface area (Å²) < 4.78 is 6.46. The maximum atomic E-state index is 12.7. The van der Waals surface area contributed by atoms with Crippen molar-refractivity contribution in [1.29, 1.82) is 0 Å². The van der Waals surface area contributed by atoms with E-state index in [4.69, 9.17) is 4.74 Å². The highest BCUT2D eigenvalue weighted by Gasteiger charge is 2.14. The third-order valence-electron chi connectivity index (χ3n) is 3.56. The van der Waals surface area contributed by atoms with E-state index in [0.717, 1.165) is 10.9 Å². The predicted molar refractivity (Wildman–Crippen MR) is 108 cm³/mol. The molecular weight excluding hydrogens is 396 g/mol. The zero-order chi connectivity index (χ0) is 19.1. The van der Waals surface area contributed by atoms with Crippen LogP contribution in [0, 0.1) is 5.92 Å². The van der Waals surface area contributed by atoms with Crippen LogP contribution in [0.4, 0.5) is 11.4 Å². The summed E-state index contributed by atoms with van der Waals surface area (Å²) in [7, 11) is 0. The Bertz CT molecular complexity index is 790. The predicted octanol–water partition coefficient (Wildman–Crippen LogP) is 5.08. The van der Waals surface area contributed by atoms with Crippen LogP contribution in [0.1, 0.15) is 37.6 Å². The molecule has 0 saturated carbocycles. The van der Waals surface area contributed by atoms with Crippen molar-refractivity contribution in [3.63, 3.8) is 0 Å². The van der Waals surface area contributed by atoms with E-state index >= 15 is 0 Å². The summed E-state index contributed by atoms with van der Waals surface area (Å²) >= 11 is 3.39. The quantitative estimate of drug-likeness (QED) is 0.658. The summed E-state index contributed by atoms with van der Waals surface area (Å²) in [6, 6.07) is 12.4. The second-order valence-electron chi connectivity index (χ2n) is 6.17. The number of hydrogen-bond donors (Lipinski definition) is 2. The average molecular weight is 419 g/mol. The smallest absolute Gasteiger partial charge is 0.259 e. The Hall–Kier alpha value is -2.34. The summed E-state index contributed by atoms with van der Waals surface area (Å²) in [6.45, 7) is 6.20. The van der Waals surface area contributed by atoms with Gasteiger partial charge in [-0.15, -0.1) is 0 Å². The van der Waals surface area contributed by atoms with E-state index in [9.17, 15) is 9.59 Å². The number of carbonyl (C=O) groups excluding carboxylic acids is 2. The number of halogens is 1. The van der Waals surface area contributed by atoms with Crippen LogP contribution in [0.25, 0.3) is 0 Å². The summed E-state index contributed by atoms with van der Waals surface area (Å²) in [4.78, 5) is 24.5. The van der Waals surface area contributed by atoms with Crippen molar-refractivity contribution in [3.8, 4) is 5.75 Å². The lowest BCUT2D eigenvalue weighted by atomic mass is 10.1.